The van der Waals surface area contributed by atoms with Gasteiger partial charge in [-0.15, -0.1) is 10.2 Å². The average Bonchev–Trinajstić information content (AvgIpc) is 3.22. The van der Waals surface area contributed by atoms with E-state index in [2.05, 4.69) is 29.4 Å². The van der Waals surface area contributed by atoms with Crippen molar-refractivity contribution < 1.29 is 14.0 Å². The number of thioether (sulfide) groups is 1. The van der Waals surface area contributed by atoms with E-state index < -0.39 is 5.92 Å². The van der Waals surface area contributed by atoms with Crippen LogP contribution in [0, 0.1) is 11.7 Å². The first kappa shape index (κ1) is 18.8. The van der Waals surface area contributed by atoms with Gasteiger partial charge in [-0.3, -0.25) is 9.59 Å². The molecule has 0 aliphatic carbocycles. The van der Waals surface area contributed by atoms with E-state index in [4.69, 9.17) is 0 Å². The molecule has 1 aliphatic rings. The molecule has 1 N–H and O–H groups in total. The predicted molar refractivity (Wildman–Crippen MR) is 101 cm³/mol. The summed E-state index contributed by atoms with van der Waals surface area (Å²) in [7, 11) is 0. The maximum Gasteiger partial charge on any atom is 0.231 e. The molecular formula is C17H19FN4O2S2. The van der Waals surface area contributed by atoms with E-state index in [1.54, 1.807) is 11.8 Å². The van der Waals surface area contributed by atoms with Gasteiger partial charge < -0.3 is 10.2 Å². The van der Waals surface area contributed by atoms with Crippen molar-refractivity contribution in [1.82, 2.24) is 10.2 Å². The lowest BCUT2D eigenvalue weighted by Gasteiger charge is -2.16. The lowest BCUT2D eigenvalue weighted by atomic mass is 10.1. The van der Waals surface area contributed by atoms with Crippen LogP contribution in [0.3, 0.4) is 0 Å². The summed E-state index contributed by atoms with van der Waals surface area (Å²) >= 11 is 2.96. The highest BCUT2D eigenvalue weighted by atomic mass is 32.2. The van der Waals surface area contributed by atoms with E-state index in [-0.39, 0.29) is 30.6 Å². The first-order valence-corrected chi connectivity index (χ1v) is 10.0. The second kappa shape index (κ2) is 8.13. The molecule has 1 aromatic heterocycles. The molecule has 9 heteroatoms. The Morgan fingerprint density at radius 1 is 1.42 bits per heavy atom. The maximum atomic E-state index is 13.0. The Labute approximate surface area is 159 Å². The van der Waals surface area contributed by atoms with Crippen LogP contribution in [0.4, 0.5) is 15.2 Å². The van der Waals surface area contributed by atoms with Gasteiger partial charge in [0.2, 0.25) is 16.9 Å². The summed E-state index contributed by atoms with van der Waals surface area (Å²) in [6.45, 7) is 4.48. The van der Waals surface area contributed by atoms with Crippen molar-refractivity contribution in [2.45, 2.75) is 36.3 Å². The van der Waals surface area contributed by atoms with Gasteiger partial charge in [0.15, 0.2) is 4.34 Å². The number of nitrogens with zero attached hydrogens (tertiary/aromatic N) is 3. The molecule has 2 aromatic rings. The van der Waals surface area contributed by atoms with Gasteiger partial charge in [0.05, 0.1) is 5.92 Å². The van der Waals surface area contributed by atoms with Crippen molar-refractivity contribution in [3.63, 3.8) is 0 Å². The second-order valence-electron chi connectivity index (χ2n) is 6.08. The number of anilines is 2. The molecule has 0 spiro atoms. The van der Waals surface area contributed by atoms with Crippen molar-refractivity contribution in [2.75, 3.05) is 16.8 Å². The highest BCUT2D eigenvalue weighted by molar-refractivity contribution is 8.01. The van der Waals surface area contributed by atoms with Crippen LogP contribution in [0.25, 0.3) is 0 Å². The zero-order chi connectivity index (χ0) is 18.7. The Kier molecular flexibility index (Phi) is 5.87. The molecule has 1 fully saturated rings. The standard InChI is InChI=1S/C17H19FN4O2S2/c1-3-10(2)25-17-21-20-16(26-17)19-15(24)11-8-14(23)22(9-11)13-6-4-12(18)5-7-13/h4-7,10-11H,3,8-9H2,1-2H3,(H,19,20,24). The molecule has 3 rings (SSSR count). The minimum atomic E-state index is -0.470. The van der Waals surface area contributed by atoms with Crippen molar-refractivity contribution in [3.8, 4) is 0 Å². The summed E-state index contributed by atoms with van der Waals surface area (Å²) in [6, 6.07) is 5.68. The van der Waals surface area contributed by atoms with Crippen LogP contribution in [0.2, 0.25) is 0 Å². The largest absolute Gasteiger partial charge is 0.312 e. The van der Waals surface area contributed by atoms with Gasteiger partial charge in [-0.2, -0.15) is 0 Å². The number of benzene rings is 1. The van der Waals surface area contributed by atoms with Gasteiger partial charge in [0.25, 0.3) is 0 Å². The predicted octanol–water partition coefficient (Wildman–Crippen LogP) is 3.56. The fraction of sp³-hybridized carbons (Fsp3) is 0.412. The highest BCUT2D eigenvalue weighted by Gasteiger charge is 2.35. The quantitative estimate of drug-likeness (QED) is 0.599. The number of aromatic nitrogens is 2. The van der Waals surface area contributed by atoms with Gasteiger partial charge in [0.1, 0.15) is 5.82 Å². The Hall–Kier alpha value is -2.00. The molecule has 2 amide bonds. The van der Waals surface area contributed by atoms with E-state index >= 15 is 0 Å². The molecule has 1 aliphatic heterocycles. The van der Waals surface area contributed by atoms with Crippen LogP contribution in [-0.2, 0) is 9.59 Å². The monoisotopic (exact) mass is 394 g/mol. The third-order valence-electron chi connectivity index (χ3n) is 4.15. The summed E-state index contributed by atoms with van der Waals surface area (Å²) in [5.41, 5.74) is 0.592. The first-order valence-electron chi connectivity index (χ1n) is 8.33. The molecule has 0 saturated carbocycles. The van der Waals surface area contributed by atoms with Crippen LogP contribution in [0.15, 0.2) is 28.6 Å². The van der Waals surface area contributed by atoms with E-state index in [1.165, 1.54) is 40.5 Å². The summed E-state index contributed by atoms with van der Waals surface area (Å²) < 4.78 is 13.9. The van der Waals surface area contributed by atoms with Crippen LogP contribution < -0.4 is 10.2 Å². The van der Waals surface area contributed by atoms with Gasteiger partial charge in [-0.05, 0) is 30.7 Å². The molecule has 6 nitrogen and oxygen atoms in total. The fourth-order valence-corrected chi connectivity index (χ4v) is 4.53. The number of hydrogen-bond donors (Lipinski definition) is 1. The molecule has 1 aromatic carbocycles. The topological polar surface area (TPSA) is 75.2 Å². The van der Waals surface area contributed by atoms with Crippen LogP contribution in [0.1, 0.15) is 26.7 Å². The lowest BCUT2D eigenvalue weighted by molar-refractivity contribution is -0.122. The van der Waals surface area contributed by atoms with E-state index in [0.717, 1.165) is 10.8 Å². The molecule has 138 valence electrons. The van der Waals surface area contributed by atoms with Crippen LogP contribution in [0.5, 0.6) is 0 Å². The number of carbonyl (C=O) groups is 2. The van der Waals surface area contributed by atoms with Crippen molar-refractivity contribution >= 4 is 45.7 Å². The fourth-order valence-electron chi connectivity index (χ4n) is 2.52. The van der Waals surface area contributed by atoms with Gasteiger partial charge in [-0.1, -0.05) is 36.9 Å². The van der Waals surface area contributed by atoms with E-state index in [0.29, 0.717) is 16.1 Å². The highest BCUT2D eigenvalue weighted by Crippen LogP contribution is 2.31. The third kappa shape index (κ3) is 4.39. The Morgan fingerprint density at radius 3 is 2.85 bits per heavy atom. The summed E-state index contributed by atoms with van der Waals surface area (Å²) in [4.78, 5) is 26.2. The number of nitrogens with one attached hydrogen (secondary N) is 1. The molecular weight excluding hydrogens is 375 g/mol. The van der Waals surface area contributed by atoms with Crippen molar-refractivity contribution in [3.05, 3.63) is 30.1 Å². The number of amides is 2. The van der Waals surface area contributed by atoms with Gasteiger partial charge in [0, 0.05) is 23.9 Å². The summed E-state index contributed by atoms with van der Waals surface area (Å²) in [5, 5.41) is 11.7. The van der Waals surface area contributed by atoms with Gasteiger partial charge in [-0.25, -0.2) is 4.39 Å². The number of hydrogen-bond acceptors (Lipinski definition) is 6. The first-order chi connectivity index (χ1) is 12.5. The molecule has 2 unspecified atom stereocenters. The third-order valence-corrected chi connectivity index (χ3v) is 6.34. The molecule has 26 heavy (non-hydrogen) atoms. The van der Waals surface area contributed by atoms with E-state index in [9.17, 15) is 14.0 Å². The number of rotatable bonds is 6. The normalized spacial score (nSPS) is 18.2. The smallest absolute Gasteiger partial charge is 0.231 e. The summed E-state index contributed by atoms with van der Waals surface area (Å²) in [5.74, 6) is -1.24. The van der Waals surface area contributed by atoms with Gasteiger partial charge >= 0.3 is 0 Å². The lowest BCUT2D eigenvalue weighted by Crippen LogP contribution is -2.28. The summed E-state index contributed by atoms with van der Waals surface area (Å²) in [6.07, 6.45) is 1.14. The second-order valence-corrected chi connectivity index (χ2v) is 8.74. The molecule has 0 bridgehead atoms. The minimum Gasteiger partial charge on any atom is -0.312 e. The zero-order valence-corrected chi connectivity index (χ0v) is 16.1. The molecule has 1 saturated heterocycles. The molecule has 0 radical (unpaired) electrons. The Bertz CT molecular complexity index is 796. The van der Waals surface area contributed by atoms with Crippen LogP contribution in [-0.4, -0.2) is 33.8 Å². The minimum absolute atomic E-state index is 0.122. The number of carbonyl (C=O) groups excluding carboxylic acids is 2. The average molecular weight is 394 g/mol. The molecule has 2 heterocycles. The number of halogens is 1. The SMILES string of the molecule is CCC(C)Sc1nnc(NC(=O)C2CC(=O)N(c3ccc(F)cc3)C2)s1. The molecule has 2 atom stereocenters. The van der Waals surface area contributed by atoms with Crippen molar-refractivity contribution in [2.24, 2.45) is 5.92 Å². The van der Waals surface area contributed by atoms with Crippen molar-refractivity contribution in [1.29, 1.82) is 0 Å². The Balaban J connectivity index is 1.60. The van der Waals surface area contributed by atoms with E-state index in [1.807, 2.05) is 0 Å². The Morgan fingerprint density at radius 2 is 2.15 bits per heavy atom. The zero-order valence-electron chi connectivity index (χ0n) is 14.4. The van der Waals surface area contributed by atoms with Crippen LogP contribution >= 0.6 is 23.1 Å². The maximum absolute atomic E-state index is 13.0.